The van der Waals surface area contributed by atoms with Gasteiger partial charge in [0.25, 0.3) is 0 Å². The van der Waals surface area contributed by atoms with Crippen molar-refractivity contribution < 1.29 is 4.84 Å². The quantitative estimate of drug-likeness (QED) is 0.540. The van der Waals surface area contributed by atoms with Gasteiger partial charge in [-0.2, -0.15) is 5.06 Å². The van der Waals surface area contributed by atoms with Crippen molar-refractivity contribution in [3.05, 3.63) is 0 Å². The molecule has 0 aromatic heterocycles. The Morgan fingerprint density at radius 3 is 2.36 bits per heavy atom. The van der Waals surface area contributed by atoms with E-state index in [-0.39, 0.29) is 0 Å². The standard InChI is InChI=1S/C7H17N3O/c1-2-11-10-5-3-7(8,9)4-6-10/h2-6,8-9H2,1H3. The van der Waals surface area contributed by atoms with E-state index in [1.165, 1.54) is 0 Å². The summed E-state index contributed by atoms with van der Waals surface area (Å²) < 4.78 is 0. The number of rotatable bonds is 2. The van der Waals surface area contributed by atoms with Gasteiger partial charge in [-0.3, -0.25) is 4.84 Å². The third-order valence-corrected chi connectivity index (χ3v) is 1.96. The molecule has 0 saturated carbocycles. The normalized spacial score (nSPS) is 25.4. The number of hydroxylamine groups is 2. The topological polar surface area (TPSA) is 64.5 Å². The molecule has 1 aliphatic heterocycles. The molecule has 0 aromatic carbocycles. The van der Waals surface area contributed by atoms with Crippen LogP contribution >= 0.6 is 0 Å². The molecule has 1 saturated heterocycles. The molecule has 0 unspecified atom stereocenters. The Morgan fingerprint density at radius 2 is 1.91 bits per heavy atom. The lowest BCUT2D eigenvalue weighted by molar-refractivity contribution is -0.171. The molecule has 0 atom stereocenters. The third kappa shape index (κ3) is 2.75. The van der Waals surface area contributed by atoms with Crippen LogP contribution in [0.4, 0.5) is 0 Å². The van der Waals surface area contributed by atoms with Gasteiger partial charge in [-0.05, 0) is 19.8 Å². The summed E-state index contributed by atoms with van der Waals surface area (Å²) in [5.41, 5.74) is 11.0. The van der Waals surface area contributed by atoms with Gasteiger partial charge in [0.15, 0.2) is 0 Å². The summed E-state index contributed by atoms with van der Waals surface area (Å²) in [5, 5.41) is 1.93. The van der Waals surface area contributed by atoms with Crippen LogP contribution in [0.5, 0.6) is 0 Å². The van der Waals surface area contributed by atoms with E-state index in [1.807, 2.05) is 12.0 Å². The van der Waals surface area contributed by atoms with Gasteiger partial charge in [-0.1, -0.05) is 0 Å². The molecule has 1 heterocycles. The minimum absolute atomic E-state index is 0.465. The van der Waals surface area contributed by atoms with Crippen molar-refractivity contribution in [3.8, 4) is 0 Å². The first-order chi connectivity index (χ1) is 5.14. The zero-order valence-corrected chi connectivity index (χ0v) is 7.05. The first-order valence-electron chi connectivity index (χ1n) is 4.10. The van der Waals surface area contributed by atoms with Crippen LogP contribution in [0.25, 0.3) is 0 Å². The number of nitrogens with two attached hydrogens (primary N) is 2. The van der Waals surface area contributed by atoms with E-state index >= 15 is 0 Å². The molecule has 4 heteroatoms. The Hall–Kier alpha value is -0.160. The Kier molecular flexibility index (Phi) is 2.84. The predicted molar refractivity (Wildman–Crippen MR) is 43.5 cm³/mol. The zero-order valence-electron chi connectivity index (χ0n) is 7.05. The van der Waals surface area contributed by atoms with Gasteiger partial charge in [-0.15, -0.1) is 0 Å². The minimum atomic E-state index is -0.465. The molecule has 0 radical (unpaired) electrons. The van der Waals surface area contributed by atoms with Crippen molar-refractivity contribution >= 4 is 0 Å². The van der Waals surface area contributed by atoms with Crippen molar-refractivity contribution in [2.24, 2.45) is 11.5 Å². The van der Waals surface area contributed by atoms with Crippen LogP contribution in [0.1, 0.15) is 19.8 Å². The highest BCUT2D eigenvalue weighted by molar-refractivity contribution is 4.82. The fourth-order valence-corrected chi connectivity index (χ4v) is 1.21. The summed E-state index contributed by atoms with van der Waals surface area (Å²) in [5.74, 6) is 0. The lowest BCUT2D eigenvalue weighted by Crippen LogP contribution is -2.56. The average Bonchev–Trinajstić information content (AvgIpc) is 1.94. The van der Waals surface area contributed by atoms with E-state index in [1.54, 1.807) is 0 Å². The Bertz CT molecular complexity index is 117. The van der Waals surface area contributed by atoms with Crippen molar-refractivity contribution in [3.63, 3.8) is 0 Å². The Morgan fingerprint density at radius 1 is 1.36 bits per heavy atom. The highest BCUT2D eigenvalue weighted by Gasteiger charge is 2.26. The third-order valence-electron chi connectivity index (χ3n) is 1.96. The van der Waals surface area contributed by atoms with Crippen LogP contribution in [0.2, 0.25) is 0 Å². The van der Waals surface area contributed by atoms with Gasteiger partial charge in [0.2, 0.25) is 0 Å². The smallest absolute Gasteiger partial charge is 0.0663 e. The molecule has 1 rings (SSSR count). The Balaban J connectivity index is 2.25. The molecule has 66 valence electrons. The molecule has 4 nitrogen and oxygen atoms in total. The van der Waals surface area contributed by atoms with E-state index < -0.39 is 5.66 Å². The molecule has 0 amide bonds. The molecule has 0 aromatic rings. The summed E-state index contributed by atoms with van der Waals surface area (Å²) >= 11 is 0. The van der Waals surface area contributed by atoms with E-state index in [9.17, 15) is 0 Å². The van der Waals surface area contributed by atoms with E-state index in [0.717, 1.165) is 32.5 Å². The van der Waals surface area contributed by atoms with Gasteiger partial charge in [-0.25, -0.2) is 0 Å². The van der Waals surface area contributed by atoms with Gasteiger partial charge in [0.05, 0.1) is 12.3 Å². The van der Waals surface area contributed by atoms with Crippen molar-refractivity contribution in [1.29, 1.82) is 0 Å². The average molecular weight is 159 g/mol. The molecule has 11 heavy (non-hydrogen) atoms. The van der Waals surface area contributed by atoms with Gasteiger partial charge in [0, 0.05) is 13.1 Å². The van der Waals surface area contributed by atoms with Crippen molar-refractivity contribution in [2.45, 2.75) is 25.4 Å². The number of hydrogen-bond donors (Lipinski definition) is 2. The highest BCUT2D eigenvalue weighted by Crippen LogP contribution is 2.13. The molecular weight excluding hydrogens is 142 g/mol. The molecule has 0 aliphatic carbocycles. The fraction of sp³-hybridized carbons (Fsp3) is 1.00. The van der Waals surface area contributed by atoms with Crippen LogP contribution in [-0.4, -0.2) is 30.4 Å². The molecule has 1 fully saturated rings. The summed E-state index contributed by atoms with van der Waals surface area (Å²) in [6, 6.07) is 0. The predicted octanol–water partition coefficient (Wildman–Crippen LogP) is -0.353. The van der Waals surface area contributed by atoms with Gasteiger partial charge < -0.3 is 11.5 Å². The van der Waals surface area contributed by atoms with Gasteiger partial charge >= 0.3 is 0 Å². The van der Waals surface area contributed by atoms with Crippen molar-refractivity contribution in [2.75, 3.05) is 19.7 Å². The monoisotopic (exact) mass is 159 g/mol. The van der Waals surface area contributed by atoms with E-state index in [0.29, 0.717) is 0 Å². The zero-order chi connectivity index (χ0) is 8.32. The largest absolute Gasteiger partial charge is 0.313 e. The summed E-state index contributed by atoms with van der Waals surface area (Å²) in [6.07, 6.45) is 1.62. The molecule has 1 aliphatic rings. The second kappa shape index (κ2) is 3.49. The lowest BCUT2D eigenvalue weighted by atomic mass is 10.0. The molecular formula is C7H17N3O. The first kappa shape index (κ1) is 8.93. The molecule has 4 N–H and O–H groups in total. The van der Waals surface area contributed by atoms with Crippen LogP contribution in [0.15, 0.2) is 0 Å². The maximum atomic E-state index is 5.73. The number of hydrogen-bond acceptors (Lipinski definition) is 4. The SMILES string of the molecule is CCON1CCC(N)(N)CC1. The van der Waals surface area contributed by atoms with Crippen LogP contribution in [-0.2, 0) is 4.84 Å². The number of piperidine rings is 1. The fourth-order valence-electron chi connectivity index (χ4n) is 1.21. The van der Waals surface area contributed by atoms with Crippen molar-refractivity contribution in [1.82, 2.24) is 5.06 Å². The van der Waals surface area contributed by atoms with Gasteiger partial charge in [0.1, 0.15) is 0 Å². The minimum Gasteiger partial charge on any atom is -0.313 e. The van der Waals surface area contributed by atoms with Crippen LogP contribution in [0, 0.1) is 0 Å². The summed E-state index contributed by atoms with van der Waals surface area (Å²) in [7, 11) is 0. The van der Waals surface area contributed by atoms with Crippen LogP contribution < -0.4 is 11.5 Å². The lowest BCUT2D eigenvalue weighted by Gasteiger charge is -2.35. The molecule has 0 spiro atoms. The highest BCUT2D eigenvalue weighted by atomic mass is 16.7. The number of nitrogens with zero attached hydrogens (tertiary/aromatic N) is 1. The molecule has 0 bridgehead atoms. The maximum Gasteiger partial charge on any atom is 0.0663 e. The van der Waals surface area contributed by atoms with E-state index in [2.05, 4.69) is 0 Å². The van der Waals surface area contributed by atoms with E-state index in [4.69, 9.17) is 16.3 Å². The van der Waals surface area contributed by atoms with Crippen LogP contribution in [0.3, 0.4) is 0 Å². The summed E-state index contributed by atoms with van der Waals surface area (Å²) in [4.78, 5) is 5.30. The Labute approximate surface area is 67.4 Å². The second-order valence-corrected chi connectivity index (χ2v) is 3.08. The first-order valence-corrected chi connectivity index (χ1v) is 4.10. The summed E-state index contributed by atoms with van der Waals surface area (Å²) in [6.45, 7) is 4.40. The second-order valence-electron chi connectivity index (χ2n) is 3.08. The maximum absolute atomic E-state index is 5.73.